The van der Waals surface area contributed by atoms with E-state index in [0.717, 1.165) is 12.5 Å². The van der Waals surface area contributed by atoms with E-state index in [9.17, 15) is 0 Å². The molecule has 0 bridgehead atoms. The minimum absolute atomic E-state index is 0.690. The van der Waals surface area contributed by atoms with Crippen LogP contribution in [0.4, 0.5) is 0 Å². The molecule has 1 atom stereocenters. The Bertz CT molecular complexity index is 199. The molecule has 1 saturated heterocycles. The Kier molecular flexibility index (Phi) is 5.79. The molecule has 1 unspecified atom stereocenters. The summed E-state index contributed by atoms with van der Waals surface area (Å²) in [6, 6.07) is 0.690. The van der Waals surface area contributed by atoms with Crippen LogP contribution >= 0.6 is 0 Å². The highest BCUT2D eigenvalue weighted by Crippen LogP contribution is 2.27. The highest BCUT2D eigenvalue weighted by Gasteiger charge is 2.21. The van der Waals surface area contributed by atoms with Crippen LogP contribution in [0.1, 0.15) is 64.2 Å². The fourth-order valence-electron chi connectivity index (χ4n) is 3.68. The maximum absolute atomic E-state index is 5.87. The summed E-state index contributed by atoms with van der Waals surface area (Å²) >= 11 is 0. The van der Waals surface area contributed by atoms with E-state index in [-0.39, 0.29) is 0 Å². The van der Waals surface area contributed by atoms with Crippen molar-refractivity contribution in [2.24, 2.45) is 11.7 Å². The Morgan fingerprint density at radius 2 is 1.71 bits per heavy atom. The monoisotopic (exact) mass is 238 g/mol. The van der Waals surface area contributed by atoms with Crippen molar-refractivity contribution in [3.05, 3.63) is 0 Å². The molecule has 0 aromatic rings. The lowest BCUT2D eigenvalue weighted by Gasteiger charge is -2.35. The van der Waals surface area contributed by atoms with Crippen LogP contribution in [0.3, 0.4) is 0 Å². The van der Waals surface area contributed by atoms with E-state index in [1.807, 2.05) is 0 Å². The van der Waals surface area contributed by atoms with Crippen LogP contribution in [0.25, 0.3) is 0 Å². The smallest absolute Gasteiger partial charge is 0.0218 e. The van der Waals surface area contributed by atoms with Crippen molar-refractivity contribution in [1.82, 2.24) is 4.90 Å². The minimum Gasteiger partial charge on any atom is -0.329 e. The number of rotatable bonds is 5. The van der Waals surface area contributed by atoms with Gasteiger partial charge in [-0.05, 0) is 44.7 Å². The van der Waals surface area contributed by atoms with Crippen molar-refractivity contribution in [2.75, 3.05) is 19.6 Å². The van der Waals surface area contributed by atoms with E-state index in [1.54, 1.807) is 0 Å². The SMILES string of the molecule is NCC1CCCCN1CCCC1CCCCC1. The summed E-state index contributed by atoms with van der Waals surface area (Å²) in [6.07, 6.45) is 14.4. The van der Waals surface area contributed by atoms with E-state index < -0.39 is 0 Å². The second-order valence-corrected chi connectivity index (χ2v) is 6.07. The van der Waals surface area contributed by atoms with E-state index in [4.69, 9.17) is 5.73 Å². The van der Waals surface area contributed by atoms with Gasteiger partial charge in [0, 0.05) is 12.6 Å². The summed E-state index contributed by atoms with van der Waals surface area (Å²) in [4.78, 5) is 2.66. The molecule has 2 aliphatic rings. The molecule has 0 aromatic carbocycles. The molecule has 0 radical (unpaired) electrons. The third kappa shape index (κ3) is 4.26. The van der Waals surface area contributed by atoms with Gasteiger partial charge in [0.15, 0.2) is 0 Å². The van der Waals surface area contributed by atoms with Crippen molar-refractivity contribution in [3.63, 3.8) is 0 Å². The first-order chi connectivity index (χ1) is 8.40. The molecule has 0 aromatic heterocycles. The molecule has 2 N–H and O–H groups in total. The molecule has 2 heteroatoms. The summed E-state index contributed by atoms with van der Waals surface area (Å²) in [5.74, 6) is 1.05. The number of hydrogen-bond donors (Lipinski definition) is 1. The number of piperidine rings is 1. The Balaban J connectivity index is 1.62. The fourth-order valence-corrected chi connectivity index (χ4v) is 3.68. The molecule has 0 spiro atoms. The van der Waals surface area contributed by atoms with Crippen LogP contribution in [-0.2, 0) is 0 Å². The third-order valence-electron chi connectivity index (χ3n) is 4.80. The zero-order valence-corrected chi connectivity index (χ0v) is 11.4. The molecule has 2 fully saturated rings. The summed E-state index contributed by atoms with van der Waals surface area (Å²) in [7, 11) is 0. The van der Waals surface area contributed by atoms with Gasteiger partial charge >= 0.3 is 0 Å². The van der Waals surface area contributed by atoms with Gasteiger partial charge in [0.05, 0.1) is 0 Å². The molecule has 17 heavy (non-hydrogen) atoms. The normalized spacial score (nSPS) is 28.4. The van der Waals surface area contributed by atoms with Crippen molar-refractivity contribution < 1.29 is 0 Å². The predicted octanol–water partition coefficient (Wildman–Crippen LogP) is 3.16. The summed E-state index contributed by atoms with van der Waals surface area (Å²) in [6.45, 7) is 3.47. The van der Waals surface area contributed by atoms with Crippen LogP contribution in [-0.4, -0.2) is 30.6 Å². The molecular weight excluding hydrogens is 208 g/mol. The first-order valence-corrected chi connectivity index (χ1v) is 7.84. The maximum Gasteiger partial charge on any atom is 0.0218 e. The Hall–Kier alpha value is -0.0800. The van der Waals surface area contributed by atoms with Gasteiger partial charge < -0.3 is 5.73 Å². The first-order valence-electron chi connectivity index (χ1n) is 7.84. The minimum atomic E-state index is 0.690. The Morgan fingerprint density at radius 1 is 0.941 bits per heavy atom. The topological polar surface area (TPSA) is 29.3 Å². The largest absolute Gasteiger partial charge is 0.329 e. The number of nitrogens with zero attached hydrogens (tertiary/aromatic N) is 1. The van der Waals surface area contributed by atoms with Gasteiger partial charge in [0.2, 0.25) is 0 Å². The lowest BCUT2D eigenvalue weighted by molar-refractivity contribution is 0.146. The predicted molar refractivity (Wildman–Crippen MR) is 74.1 cm³/mol. The van der Waals surface area contributed by atoms with E-state index in [2.05, 4.69) is 4.90 Å². The Morgan fingerprint density at radius 3 is 2.47 bits per heavy atom. The van der Waals surface area contributed by atoms with Crippen molar-refractivity contribution in [2.45, 2.75) is 70.3 Å². The highest BCUT2D eigenvalue weighted by atomic mass is 15.2. The van der Waals surface area contributed by atoms with Crippen LogP contribution in [0.15, 0.2) is 0 Å². The van der Waals surface area contributed by atoms with E-state index in [1.165, 1.54) is 77.3 Å². The van der Waals surface area contributed by atoms with Gasteiger partial charge in [0.25, 0.3) is 0 Å². The fraction of sp³-hybridized carbons (Fsp3) is 1.00. The number of nitrogens with two attached hydrogens (primary N) is 1. The standard InChI is InChI=1S/C15H30N2/c16-13-15-10-4-5-11-17(15)12-6-9-14-7-2-1-3-8-14/h14-15H,1-13,16H2. The molecule has 1 aliphatic heterocycles. The molecular formula is C15H30N2. The molecule has 0 amide bonds. The van der Waals surface area contributed by atoms with Gasteiger partial charge in [0.1, 0.15) is 0 Å². The van der Waals surface area contributed by atoms with Gasteiger partial charge in [-0.15, -0.1) is 0 Å². The molecule has 1 aliphatic carbocycles. The zero-order valence-electron chi connectivity index (χ0n) is 11.4. The van der Waals surface area contributed by atoms with E-state index in [0.29, 0.717) is 6.04 Å². The lowest BCUT2D eigenvalue weighted by Crippen LogP contribution is -2.44. The number of hydrogen-bond acceptors (Lipinski definition) is 2. The average Bonchev–Trinajstić information content (AvgIpc) is 2.40. The van der Waals surface area contributed by atoms with Gasteiger partial charge in [-0.2, -0.15) is 0 Å². The third-order valence-corrected chi connectivity index (χ3v) is 4.80. The maximum atomic E-state index is 5.87. The summed E-state index contributed by atoms with van der Waals surface area (Å²) in [5.41, 5.74) is 5.87. The summed E-state index contributed by atoms with van der Waals surface area (Å²) < 4.78 is 0. The van der Waals surface area contributed by atoms with Crippen LogP contribution < -0.4 is 5.73 Å². The summed E-state index contributed by atoms with van der Waals surface area (Å²) in [5, 5.41) is 0. The van der Waals surface area contributed by atoms with Crippen LogP contribution in [0.2, 0.25) is 0 Å². The highest BCUT2D eigenvalue weighted by molar-refractivity contribution is 4.77. The van der Waals surface area contributed by atoms with E-state index >= 15 is 0 Å². The van der Waals surface area contributed by atoms with Crippen molar-refractivity contribution in [1.29, 1.82) is 0 Å². The second kappa shape index (κ2) is 7.38. The zero-order chi connectivity index (χ0) is 11.9. The van der Waals surface area contributed by atoms with Gasteiger partial charge in [-0.25, -0.2) is 0 Å². The number of likely N-dealkylation sites (tertiary alicyclic amines) is 1. The van der Waals surface area contributed by atoms with Crippen LogP contribution in [0.5, 0.6) is 0 Å². The second-order valence-electron chi connectivity index (χ2n) is 6.07. The quantitative estimate of drug-likeness (QED) is 0.797. The van der Waals surface area contributed by atoms with Crippen molar-refractivity contribution >= 4 is 0 Å². The molecule has 1 heterocycles. The molecule has 100 valence electrons. The lowest BCUT2D eigenvalue weighted by atomic mass is 9.86. The first kappa shape index (κ1) is 13.4. The molecule has 2 rings (SSSR count). The molecule has 1 saturated carbocycles. The van der Waals surface area contributed by atoms with Crippen molar-refractivity contribution in [3.8, 4) is 0 Å². The average molecular weight is 238 g/mol. The van der Waals surface area contributed by atoms with Gasteiger partial charge in [-0.3, -0.25) is 4.90 Å². The van der Waals surface area contributed by atoms with Gasteiger partial charge in [-0.1, -0.05) is 38.5 Å². The Labute approximate surface area is 107 Å². The molecule has 2 nitrogen and oxygen atoms in total. The van der Waals surface area contributed by atoms with Crippen LogP contribution in [0, 0.1) is 5.92 Å².